The minimum Gasteiger partial charge on any atom is -0.593 e. The van der Waals surface area contributed by atoms with Crippen LogP contribution in [-0.4, -0.2) is 59.2 Å². The number of rotatable bonds is 0. The van der Waals surface area contributed by atoms with Gasteiger partial charge in [-0.05, 0) is 0 Å². The van der Waals surface area contributed by atoms with E-state index < -0.39 is 58.1 Å². The number of carbonyl (C=O) groups excluding carboxylic acids is 8. The monoisotopic (exact) mass is 766 g/mol. The van der Waals surface area contributed by atoms with Crippen LogP contribution in [0.5, 0.6) is 0 Å². The SMILES string of the molecule is CN1C(=O)C2(C(=O)[N-]C2=O)C1=O.II.O=C1[N-]C(=O)C12C(=O)[N-]C2=O.[CH3-].[Y].[Y]. The number of likely N-dealkylation sites (tertiary alicyclic amines) is 1. The summed E-state index contributed by atoms with van der Waals surface area (Å²) in [5.41, 5.74) is -4.16. The molecule has 0 saturated carbocycles. The van der Waals surface area contributed by atoms with E-state index in [2.05, 4.69) is 53.2 Å². The Balaban J connectivity index is 0. The second-order valence-electron chi connectivity index (χ2n) is 4.84. The summed E-state index contributed by atoms with van der Waals surface area (Å²) in [6.07, 6.45) is 0. The average molecular weight is 766 g/mol. The van der Waals surface area contributed by atoms with E-state index in [1.807, 2.05) is 0 Å². The first-order valence-corrected chi connectivity index (χ1v) is 12.3. The molecule has 146 valence electrons. The molecule has 2 radical (unpaired) electrons. The molecular formula is C12H6I2N4O8Y2-4. The number of imide groups is 4. The number of nitrogens with zero attached hydrogens (tertiary/aromatic N) is 4. The average Bonchev–Trinajstić information content (AvgIpc) is 2.56. The predicted octanol–water partition coefficient (Wildman–Crippen LogP) is -0.518. The summed E-state index contributed by atoms with van der Waals surface area (Å²) in [5, 5.41) is 8.52. The summed E-state index contributed by atoms with van der Waals surface area (Å²) < 4.78 is 0. The molecule has 0 aromatic rings. The molecule has 4 heterocycles. The first kappa shape index (κ1) is 30.4. The van der Waals surface area contributed by atoms with Gasteiger partial charge in [0.2, 0.25) is 5.41 Å². The summed E-state index contributed by atoms with van der Waals surface area (Å²) in [4.78, 5) is 86.6. The Morgan fingerprint density at radius 1 is 0.607 bits per heavy atom. The van der Waals surface area contributed by atoms with Crippen LogP contribution in [0, 0.1) is 18.3 Å². The van der Waals surface area contributed by atoms with E-state index in [9.17, 15) is 38.4 Å². The van der Waals surface area contributed by atoms with Gasteiger partial charge in [0.15, 0.2) is 0 Å². The van der Waals surface area contributed by atoms with E-state index in [0.717, 1.165) is 4.90 Å². The topological polar surface area (TPSA) is 182 Å². The van der Waals surface area contributed by atoms with Crippen LogP contribution in [0.3, 0.4) is 0 Å². The molecule has 0 aromatic heterocycles. The van der Waals surface area contributed by atoms with Gasteiger partial charge in [-0.3, -0.25) is 14.5 Å². The van der Waals surface area contributed by atoms with Crippen molar-refractivity contribution < 1.29 is 104 Å². The van der Waals surface area contributed by atoms with Crippen LogP contribution < -0.4 is 0 Å². The van der Waals surface area contributed by atoms with Gasteiger partial charge in [-0.2, -0.15) is 0 Å². The van der Waals surface area contributed by atoms with Crippen LogP contribution in [0.25, 0.3) is 16.0 Å². The predicted molar refractivity (Wildman–Crippen MR) is 97.2 cm³/mol. The number of amides is 8. The number of β-lactam (4-membered cyclic amide) rings is 8. The molecule has 4 aliphatic rings. The third-order valence-corrected chi connectivity index (χ3v) is 3.78. The van der Waals surface area contributed by atoms with Gasteiger partial charge in [0.05, 0.1) is 35.4 Å². The molecule has 4 saturated heterocycles. The maximum atomic E-state index is 11.0. The maximum Gasteiger partial charge on any atom is 0.256 e. The summed E-state index contributed by atoms with van der Waals surface area (Å²) in [6, 6.07) is 0. The Kier molecular flexibility index (Phi) is 11.4. The van der Waals surface area contributed by atoms with Gasteiger partial charge in [-0.25, -0.2) is 0 Å². The van der Waals surface area contributed by atoms with Crippen LogP contribution in [0.2, 0.25) is 0 Å². The molecule has 0 aliphatic carbocycles. The summed E-state index contributed by atoms with van der Waals surface area (Å²) in [7, 11) is 1.22. The molecule has 2 spiro atoms. The Hall–Kier alpha value is 0.228. The smallest absolute Gasteiger partial charge is 0.256 e. The zero-order valence-electron chi connectivity index (χ0n) is 14.0. The van der Waals surface area contributed by atoms with Crippen molar-refractivity contribution in [1.82, 2.24) is 4.90 Å². The molecular weight excluding hydrogens is 760 g/mol. The van der Waals surface area contributed by atoms with Crippen molar-refractivity contribution >= 4 is 84.5 Å². The van der Waals surface area contributed by atoms with Crippen molar-refractivity contribution in [3.63, 3.8) is 0 Å². The zero-order valence-corrected chi connectivity index (χ0v) is 24.0. The maximum absolute atomic E-state index is 11.0. The molecule has 4 aliphatic heterocycles. The number of hydrogen-bond donors (Lipinski definition) is 0. The number of carbonyl (C=O) groups is 8. The van der Waals surface area contributed by atoms with Gasteiger partial charge in [0.1, 0.15) is 5.41 Å². The molecule has 0 atom stereocenters. The largest absolute Gasteiger partial charge is 0.593 e. The van der Waals surface area contributed by atoms with Gasteiger partial charge in [-0.15, -0.1) is 0 Å². The van der Waals surface area contributed by atoms with Crippen LogP contribution in [0.4, 0.5) is 0 Å². The van der Waals surface area contributed by atoms with Crippen molar-refractivity contribution in [3.8, 4) is 0 Å². The molecule has 12 nitrogen and oxygen atoms in total. The third-order valence-electron chi connectivity index (χ3n) is 3.78. The second-order valence-corrected chi connectivity index (χ2v) is 4.84. The van der Waals surface area contributed by atoms with Gasteiger partial charge in [-0.1, -0.05) is 0 Å². The fraction of sp³-hybridized carbons (Fsp3) is 0.250. The minimum atomic E-state index is -2.11. The molecule has 8 amide bonds. The molecule has 4 fully saturated rings. The number of halogens is 2. The molecule has 0 N–H and O–H groups in total. The molecule has 0 unspecified atom stereocenters. The Bertz CT molecular complexity index is 722. The molecule has 0 bridgehead atoms. The Labute approximate surface area is 231 Å². The zero-order chi connectivity index (χ0) is 19.3. The van der Waals surface area contributed by atoms with Gasteiger partial charge in [0, 0.05) is 110 Å². The van der Waals surface area contributed by atoms with Crippen LogP contribution >= 0.6 is 37.2 Å². The summed E-state index contributed by atoms with van der Waals surface area (Å²) in [6.45, 7) is 0. The first-order chi connectivity index (χ1) is 11.6. The van der Waals surface area contributed by atoms with E-state index in [0.29, 0.717) is 0 Å². The number of hydrogen-bond acceptors (Lipinski definition) is 8. The minimum absolute atomic E-state index is 0. The van der Waals surface area contributed by atoms with E-state index in [4.69, 9.17) is 0 Å². The van der Waals surface area contributed by atoms with Crippen LogP contribution in [-0.2, 0) is 104 Å². The van der Waals surface area contributed by atoms with Crippen molar-refractivity contribution in [2.24, 2.45) is 10.8 Å². The molecule has 16 heteroatoms. The summed E-state index contributed by atoms with van der Waals surface area (Å²) in [5.74, 6) is -7.31. The molecule has 0 aromatic carbocycles. The quantitative estimate of drug-likeness (QED) is 0.137. The van der Waals surface area contributed by atoms with Crippen molar-refractivity contribution in [3.05, 3.63) is 23.4 Å². The molecule has 4 rings (SSSR count). The van der Waals surface area contributed by atoms with Crippen molar-refractivity contribution in [1.29, 1.82) is 0 Å². The van der Waals surface area contributed by atoms with Crippen molar-refractivity contribution in [2.75, 3.05) is 7.05 Å². The van der Waals surface area contributed by atoms with E-state index in [1.165, 1.54) is 7.05 Å². The van der Waals surface area contributed by atoms with Gasteiger partial charge >= 0.3 is 0 Å². The molecule has 28 heavy (non-hydrogen) atoms. The van der Waals surface area contributed by atoms with Gasteiger partial charge < -0.3 is 52.1 Å². The second kappa shape index (κ2) is 10.5. The fourth-order valence-electron chi connectivity index (χ4n) is 2.26. The van der Waals surface area contributed by atoms with E-state index >= 15 is 0 Å². The first-order valence-electron chi connectivity index (χ1n) is 6.01. The third kappa shape index (κ3) is 3.59. The van der Waals surface area contributed by atoms with Crippen molar-refractivity contribution in [2.45, 2.75) is 0 Å². The van der Waals surface area contributed by atoms with E-state index in [1.54, 1.807) is 0 Å². The summed E-state index contributed by atoms with van der Waals surface area (Å²) >= 11 is 4.24. The Morgan fingerprint density at radius 2 is 0.821 bits per heavy atom. The normalized spacial score (nSPS) is 21.0. The van der Waals surface area contributed by atoms with Gasteiger partial charge in [0.25, 0.3) is 11.8 Å². The fourth-order valence-corrected chi connectivity index (χ4v) is 2.26. The van der Waals surface area contributed by atoms with Crippen LogP contribution in [0.15, 0.2) is 0 Å². The van der Waals surface area contributed by atoms with Crippen LogP contribution in [0.1, 0.15) is 0 Å². The Morgan fingerprint density at radius 3 is 0.929 bits per heavy atom. The van der Waals surface area contributed by atoms with E-state index in [-0.39, 0.29) is 72.8 Å². The standard InChI is InChI=1S/C6H4N2O4.C5H2N2O4.CH3.I2.2Y/c1-8-4(11)6(5(8)12)2(9)7-3(6)10;8-1-5(2(9)6-1)3(10)7-4(5)11;;1-2;;/h1H3,(H,7,9,10);(H2,6,7,8,9,10,11);1H3;;;/q;;-1;;;/p-3.